The lowest BCUT2D eigenvalue weighted by molar-refractivity contribution is 0.224. The Labute approximate surface area is 295 Å². The minimum Gasteiger partial charge on any atom is -0.336 e. The third-order valence-corrected chi connectivity index (χ3v) is 12.1. The smallest absolute Gasteiger partial charge is 0.0457 e. The first-order valence-electron chi connectivity index (χ1n) is 19.6. The van der Waals surface area contributed by atoms with E-state index in [1.165, 1.54) is 33.4 Å². The Balaban J connectivity index is 1.53. The SMILES string of the molecule is [2H]C1(c2cc3c(cc2N(c2cccc(-c4ccccc4)c2C2([2H])CCC(C)(C)CC2)C(C)(C)C)-c2ccccc2C3(C)C)CCC(C)(C)CC1. The largest absolute Gasteiger partial charge is 0.336 e. The van der Waals surface area contributed by atoms with Crippen molar-refractivity contribution in [2.24, 2.45) is 10.8 Å². The van der Waals surface area contributed by atoms with Crippen LogP contribution in [0.1, 0.15) is 150 Å². The van der Waals surface area contributed by atoms with Crippen LogP contribution in [0.2, 0.25) is 0 Å². The summed E-state index contributed by atoms with van der Waals surface area (Å²) < 4.78 is 20.7. The van der Waals surface area contributed by atoms with Crippen LogP contribution in [-0.4, -0.2) is 5.54 Å². The summed E-state index contributed by atoms with van der Waals surface area (Å²) in [4.78, 5) is 2.56. The van der Waals surface area contributed by atoms with Gasteiger partial charge in [-0.05, 0) is 151 Å². The molecule has 2 saturated carbocycles. The minimum absolute atomic E-state index is 0.144. The highest BCUT2D eigenvalue weighted by Crippen LogP contribution is 2.56. The van der Waals surface area contributed by atoms with Crippen LogP contribution in [-0.2, 0) is 5.41 Å². The lowest BCUT2D eigenvalue weighted by atomic mass is 9.69. The van der Waals surface area contributed by atoms with Crippen LogP contribution >= 0.6 is 0 Å². The highest BCUT2D eigenvalue weighted by atomic mass is 15.2. The summed E-state index contributed by atoms with van der Waals surface area (Å²) in [5, 5.41) is 0. The second-order valence-corrected chi connectivity index (χ2v) is 18.2. The van der Waals surface area contributed by atoms with Gasteiger partial charge in [0.15, 0.2) is 0 Å². The highest BCUT2D eigenvalue weighted by molar-refractivity contribution is 5.87. The third-order valence-electron chi connectivity index (χ3n) is 12.1. The van der Waals surface area contributed by atoms with Gasteiger partial charge in [-0.2, -0.15) is 0 Å². The Morgan fingerprint density at radius 1 is 0.583 bits per heavy atom. The Hall–Kier alpha value is -3.32. The molecule has 0 aliphatic heterocycles. The van der Waals surface area contributed by atoms with E-state index in [4.69, 9.17) is 0 Å². The van der Waals surface area contributed by atoms with Gasteiger partial charge < -0.3 is 4.90 Å². The number of benzene rings is 4. The molecule has 0 unspecified atom stereocenters. The Bertz CT molecular complexity index is 1890. The molecule has 0 N–H and O–H groups in total. The molecule has 4 aromatic carbocycles. The van der Waals surface area contributed by atoms with E-state index < -0.39 is 11.8 Å². The highest BCUT2D eigenvalue weighted by Gasteiger charge is 2.41. The molecule has 0 spiro atoms. The molecule has 3 aliphatic rings. The van der Waals surface area contributed by atoms with E-state index in [2.05, 4.69) is 152 Å². The zero-order valence-electron chi connectivity index (χ0n) is 33.2. The average molecular weight is 640 g/mol. The van der Waals surface area contributed by atoms with E-state index in [0.29, 0.717) is 0 Å². The fourth-order valence-electron chi connectivity index (χ4n) is 8.99. The minimum atomic E-state index is -0.722. The van der Waals surface area contributed by atoms with Crippen LogP contribution in [0.3, 0.4) is 0 Å². The maximum atomic E-state index is 10.4. The summed E-state index contributed by atoms with van der Waals surface area (Å²) in [5.41, 5.74) is 12.2. The molecule has 3 aliphatic carbocycles. The van der Waals surface area contributed by atoms with E-state index in [9.17, 15) is 2.74 Å². The second-order valence-electron chi connectivity index (χ2n) is 18.2. The molecule has 0 aromatic heterocycles. The molecule has 4 aromatic rings. The van der Waals surface area contributed by atoms with Gasteiger partial charge in [0.2, 0.25) is 0 Å². The molecule has 7 rings (SSSR count). The fraction of sp³-hybridized carbons (Fsp3) is 0.489. The predicted molar refractivity (Wildman–Crippen MR) is 208 cm³/mol. The van der Waals surface area contributed by atoms with Crippen molar-refractivity contribution in [1.82, 2.24) is 0 Å². The van der Waals surface area contributed by atoms with Crippen LogP contribution in [0.5, 0.6) is 0 Å². The van der Waals surface area contributed by atoms with Gasteiger partial charge in [-0.1, -0.05) is 114 Å². The summed E-state index contributed by atoms with van der Waals surface area (Å²) in [7, 11) is 0. The van der Waals surface area contributed by atoms with E-state index in [1.807, 2.05) is 0 Å². The predicted octanol–water partition coefficient (Wildman–Crippen LogP) is 14.0. The molecular weight excluding hydrogens is 579 g/mol. The molecule has 48 heavy (non-hydrogen) atoms. The quantitative estimate of drug-likeness (QED) is 0.210. The number of nitrogens with zero attached hydrogens (tertiary/aromatic N) is 1. The van der Waals surface area contributed by atoms with Crippen molar-refractivity contribution in [3.05, 3.63) is 107 Å². The molecule has 1 heteroatoms. The Kier molecular flexibility index (Phi) is 7.63. The Morgan fingerprint density at radius 3 is 1.77 bits per heavy atom. The molecule has 0 atom stereocenters. The van der Waals surface area contributed by atoms with Gasteiger partial charge in [-0.3, -0.25) is 0 Å². The van der Waals surface area contributed by atoms with Crippen molar-refractivity contribution in [1.29, 1.82) is 0 Å². The van der Waals surface area contributed by atoms with Crippen molar-refractivity contribution in [3.63, 3.8) is 0 Å². The first-order valence-corrected chi connectivity index (χ1v) is 18.6. The number of fused-ring (bicyclic) bond motifs is 3. The zero-order chi connectivity index (χ0) is 35.9. The lowest BCUT2D eigenvalue weighted by Crippen LogP contribution is -2.39. The topological polar surface area (TPSA) is 3.24 Å². The van der Waals surface area contributed by atoms with Crippen molar-refractivity contribution < 1.29 is 2.74 Å². The van der Waals surface area contributed by atoms with E-state index in [-0.39, 0.29) is 21.8 Å². The summed E-state index contributed by atoms with van der Waals surface area (Å²) >= 11 is 0. The van der Waals surface area contributed by atoms with Gasteiger partial charge in [0.25, 0.3) is 0 Å². The monoisotopic (exact) mass is 639 g/mol. The molecule has 252 valence electrons. The maximum absolute atomic E-state index is 10.4. The van der Waals surface area contributed by atoms with Crippen molar-refractivity contribution >= 4 is 11.4 Å². The summed E-state index contributed by atoms with van der Waals surface area (Å²) in [5.74, 6) is -1.42. The molecule has 0 heterocycles. The molecule has 0 radical (unpaired) electrons. The van der Waals surface area contributed by atoms with Gasteiger partial charge in [-0.25, -0.2) is 0 Å². The van der Waals surface area contributed by atoms with Gasteiger partial charge in [0.05, 0.1) is 0 Å². The van der Waals surface area contributed by atoms with Crippen molar-refractivity contribution in [3.8, 4) is 22.3 Å². The molecular formula is C47H59N. The number of hydrogen-bond donors (Lipinski definition) is 0. The lowest BCUT2D eigenvalue weighted by Gasteiger charge is -2.44. The number of hydrogen-bond acceptors (Lipinski definition) is 1. The van der Waals surface area contributed by atoms with Crippen molar-refractivity contribution in [2.75, 3.05) is 4.90 Å². The van der Waals surface area contributed by atoms with Crippen LogP contribution in [0.4, 0.5) is 11.4 Å². The third kappa shape index (κ3) is 5.94. The van der Waals surface area contributed by atoms with Crippen molar-refractivity contribution in [2.45, 2.75) is 136 Å². The fourth-order valence-corrected chi connectivity index (χ4v) is 8.99. The normalized spacial score (nSPS) is 22.2. The van der Waals surface area contributed by atoms with Gasteiger partial charge >= 0.3 is 0 Å². The number of rotatable bonds is 5. The Morgan fingerprint density at radius 2 is 1.15 bits per heavy atom. The van der Waals surface area contributed by atoms with Crippen LogP contribution < -0.4 is 4.90 Å². The number of anilines is 2. The summed E-state index contributed by atoms with van der Waals surface area (Å²) in [6.45, 7) is 21.2. The van der Waals surface area contributed by atoms with Crippen LogP contribution in [0.25, 0.3) is 22.3 Å². The zero-order valence-corrected chi connectivity index (χ0v) is 31.2. The summed E-state index contributed by atoms with van der Waals surface area (Å²) in [6, 6.07) is 31.4. The molecule has 0 amide bonds. The first kappa shape index (κ1) is 30.7. The summed E-state index contributed by atoms with van der Waals surface area (Å²) in [6.07, 6.45) is 7.55. The maximum Gasteiger partial charge on any atom is 0.0457 e. The molecule has 0 bridgehead atoms. The van der Waals surface area contributed by atoms with Gasteiger partial charge in [-0.15, -0.1) is 0 Å². The van der Waals surface area contributed by atoms with Crippen LogP contribution in [0.15, 0.2) is 84.9 Å². The molecule has 2 fully saturated rings. The van der Waals surface area contributed by atoms with Gasteiger partial charge in [0, 0.05) is 25.1 Å². The first-order chi connectivity index (χ1) is 23.4. The van der Waals surface area contributed by atoms with Crippen LogP contribution in [0, 0.1) is 10.8 Å². The second kappa shape index (κ2) is 11.9. The van der Waals surface area contributed by atoms with E-state index in [1.54, 1.807) is 0 Å². The van der Waals surface area contributed by atoms with E-state index in [0.717, 1.165) is 73.9 Å². The van der Waals surface area contributed by atoms with E-state index >= 15 is 0 Å². The molecule has 0 saturated heterocycles. The average Bonchev–Trinajstić information content (AvgIpc) is 3.29. The van der Waals surface area contributed by atoms with Gasteiger partial charge in [0.1, 0.15) is 0 Å². The molecule has 1 nitrogen and oxygen atoms in total. The standard InChI is InChI=1S/C47H59N/c1-44(2,3)48(41-21-15-19-35(32-16-11-10-12-17-32)43(41)34-24-28-46(6,7)29-25-34)42-31-38-36-18-13-14-20-39(36)47(8,9)40(38)30-37(42)33-22-26-45(4,5)27-23-33/h10-21,30-31,33-34H,22-29H2,1-9H3/i33D,34D.